The number of fused-ring (bicyclic) bond motifs is 1. The molecule has 0 bridgehead atoms. The summed E-state index contributed by atoms with van der Waals surface area (Å²) in [6, 6.07) is 9.48. The molecule has 2 unspecified atom stereocenters. The summed E-state index contributed by atoms with van der Waals surface area (Å²) in [5.74, 6) is 0. The highest BCUT2D eigenvalue weighted by Crippen LogP contribution is 2.38. The molecular formula is C17H21BrN2S. The number of hydrogen-bond donors (Lipinski definition) is 1. The van der Waals surface area contributed by atoms with E-state index in [1.807, 2.05) is 11.3 Å². The van der Waals surface area contributed by atoms with Gasteiger partial charge in [-0.25, -0.2) is 0 Å². The van der Waals surface area contributed by atoms with E-state index in [4.69, 9.17) is 5.73 Å². The molecule has 0 aliphatic carbocycles. The first-order chi connectivity index (χ1) is 10.1. The third-order valence-corrected chi connectivity index (χ3v) is 5.66. The molecule has 2 aromatic rings. The van der Waals surface area contributed by atoms with Gasteiger partial charge in [0.25, 0.3) is 0 Å². The third-order valence-electron chi connectivity index (χ3n) is 4.17. The van der Waals surface area contributed by atoms with Crippen LogP contribution in [0.4, 0.5) is 5.69 Å². The topological polar surface area (TPSA) is 29.3 Å². The van der Waals surface area contributed by atoms with E-state index in [1.165, 1.54) is 16.8 Å². The quantitative estimate of drug-likeness (QED) is 0.866. The van der Waals surface area contributed by atoms with Gasteiger partial charge in [0.05, 0.1) is 6.04 Å². The maximum atomic E-state index is 6.04. The predicted molar refractivity (Wildman–Crippen MR) is 95.3 cm³/mol. The summed E-state index contributed by atoms with van der Waals surface area (Å²) in [6.07, 6.45) is 2.06. The first-order valence-corrected chi connectivity index (χ1v) is 9.10. The standard InChI is InChI=1S/C17H21BrN2S/c1-11(19)9-13-10-14(18)3-4-16(13)20-7-5-17-15(12(20)2)6-8-21-17/h3-4,6,8,10-12H,5,7,9,19H2,1-2H3. The lowest BCUT2D eigenvalue weighted by Crippen LogP contribution is -2.34. The van der Waals surface area contributed by atoms with Gasteiger partial charge in [0, 0.05) is 27.6 Å². The molecule has 0 spiro atoms. The van der Waals surface area contributed by atoms with E-state index in [0.717, 1.165) is 23.9 Å². The molecule has 1 aliphatic heterocycles. The Bertz CT molecular complexity index is 635. The molecule has 1 aromatic heterocycles. The van der Waals surface area contributed by atoms with Crippen molar-refractivity contribution in [2.75, 3.05) is 11.4 Å². The largest absolute Gasteiger partial charge is 0.364 e. The Labute approximate surface area is 139 Å². The summed E-state index contributed by atoms with van der Waals surface area (Å²) < 4.78 is 1.13. The van der Waals surface area contributed by atoms with Crippen LogP contribution in [0.1, 0.15) is 35.9 Å². The minimum atomic E-state index is 0.176. The summed E-state index contributed by atoms with van der Waals surface area (Å²) in [5.41, 5.74) is 10.2. The van der Waals surface area contributed by atoms with Gasteiger partial charge in [-0.05, 0) is 67.5 Å². The number of nitrogens with zero attached hydrogens (tertiary/aromatic N) is 1. The molecule has 1 aromatic carbocycles. The highest BCUT2D eigenvalue weighted by Gasteiger charge is 2.26. The first kappa shape index (κ1) is 15.1. The van der Waals surface area contributed by atoms with Crippen LogP contribution in [0.2, 0.25) is 0 Å². The molecule has 4 heteroatoms. The number of rotatable bonds is 3. The highest BCUT2D eigenvalue weighted by molar-refractivity contribution is 9.10. The Kier molecular flexibility index (Phi) is 4.38. The molecule has 21 heavy (non-hydrogen) atoms. The van der Waals surface area contributed by atoms with E-state index >= 15 is 0 Å². The summed E-state index contributed by atoms with van der Waals surface area (Å²) in [4.78, 5) is 4.07. The van der Waals surface area contributed by atoms with Crippen LogP contribution >= 0.6 is 27.3 Å². The molecule has 2 N–H and O–H groups in total. The fraction of sp³-hybridized carbons (Fsp3) is 0.412. The Hall–Kier alpha value is -0.840. The summed E-state index contributed by atoms with van der Waals surface area (Å²) >= 11 is 5.48. The second kappa shape index (κ2) is 6.11. The Balaban J connectivity index is 1.97. The van der Waals surface area contributed by atoms with Gasteiger partial charge in [0.2, 0.25) is 0 Å². The van der Waals surface area contributed by atoms with Gasteiger partial charge in [0.1, 0.15) is 0 Å². The highest BCUT2D eigenvalue weighted by atomic mass is 79.9. The zero-order chi connectivity index (χ0) is 15.0. The normalized spacial score (nSPS) is 19.4. The number of nitrogens with two attached hydrogens (primary N) is 1. The van der Waals surface area contributed by atoms with E-state index in [0.29, 0.717) is 6.04 Å². The van der Waals surface area contributed by atoms with Gasteiger partial charge in [-0.3, -0.25) is 0 Å². The Morgan fingerprint density at radius 3 is 3.00 bits per heavy atom. The van der Waals surface area contributed by atoms with Crippen molar-refractivity contribution in [3.63, 3.8) is 0 Å². The van der Waals surface area contributed by atoms with E-state index in [9.17, 15) is 0 Å². The van der Waals surface area contributed by atoms with Crippen molar-refractivity contribution in [2.45, 2.75) is 38.8 Å². The number of benzene rings is 1. The van der Waals surface area contributed by atoms with Crippen LogP contribution in [0.5, 0.6) is 0 Å². The lowest BCUT2D eigenvalue weighted by Gasteiger charge is -2.37. The van der Waals surface area contributed by atoms with Crippen LogP contribution < -0.4 is 10.6 Å². The van der Waals surface area contributed by atoms with Crippen molar-refractivity contribution in [3.05, 3.63) is 50.1 Å². The molecular weight excluding hydrogens is 344 g/mol. The molecule has 2 atom stereocenters. The minimum Gasteiger partial charge on any atom is -0.364 e. The van der Waals surface area contributed by atoms with E-state index in [1.54, 1.807) is 4.88 Å². The van der Waals surface area contributed by atoms with Gasteiger partial charge in [-0.1, -0.05) is 15.9 Å². The second-order valence-electron chi connectivity index (χ2n) is 5.87. The zero-order valence-electron chi connectivity index (χ0n) is 12.5. The molecule has 0 saturated heterocycles. The van der Waals surface area contributed by atoms with Crippen molar-refractivity contribution in [3.8, 4) is 0 Å². The number of anilines is 1. The van der Waals surface area contributed by atoms with Crippen LogP contribution in [-0.4, -0.2) is 12.6 Å². The average Bonchev–Trinajstić information content (AvgIpc) is 2.89. The fourth-order valence-corrected chi connectivity index (χ4v) is 4.55. The van der Waals surface area contributed by atoms with Crippen molar-refractivity contribution in [1.82, 2.24) is 0 Å². The summed E-state index contributed by atoms with van der Waals surface area (Å²) in [5, 5.41) is 2.22. The van der Waals surface area contributed by atoms with Crippen molar-refractivity contribution >= 4 is 33.0 Å². The molecule has 3 rings (SSSR count). The smallest absolute Gasteiger partial charge is 0.0525 e. The van der Waals surface area contributed by atoms with Gasteiger partial charge in [-0.15, -0.1) is 11.3 Å². The van der Waals surface area contributed by atoms with Crippen LogP contribution in [0, 0.1) is 0 Å². The van der Waals surface area contributed by atoms with Gasteiger partial charge in [-0.2, -0.15) is 0 Å². The van der Waals surface area contributed by atoms with E-state index in [-0.39, 0.29) is 6.04 Å². The molecule has 0 saturated carbocycles. The molecule has 0 radical (unpaired) electrons. The van der Waals surface area contributed by atoms with Crippen LogP contribution in [0.3, 0.4) is 0 Å². The van der Waals surface area contributed by atoms with E-state index < -0.39 is 0 Å². The zero-order valence-corrected chi connectivity index (χ0v) is 14.9. The minimum absolute atomic E-state index is 0.176. The summed E-state index contributed by atoms with van der Waals surface area (Å²) in [7, 11) is 0. The number of hydrogen-bond acceptors (Lipinski definition) is 3. The lowest BCUT2D eigenvalue weighted by molar-refractivity contribution is 0.626. The first-order valence-electron chi connectivity index (χ1n) is 7.43. The lowest BCUT2D eigenvalue weighted by atomic mass is 9.97. The van der Waals surface area contributed by atoms with Gasteiger partial charge in [0.15, 0.2) is 0 Å². The maximum absolute atomic E-state index is 6.04. The van der Waals surface area contributed by atoms with Crippen molar-refractivity contribution < 1.29 is 0 Å². The number of thiophene rings is 1. The Morgan fingerprint density at radius 2 is 2.24 bits per heavy atom. The average molecular weight is 365 g/mol. The van der Waals surface area contributed by atoms with Gasteiger partial charge >= 0.3 is 0 Å². The molecule has 112 valence electrons. The van der Waals surface area contributed by atoms with Gasteiger partial charge < -0.3 is 10.6 Å². The molecule has 1 aliphatic rings. The SMILES string of the molecule is CC(N)Cc1cc(Br)ccc1N1CCc2sccc2C1C. The monoisotopic (exact) mass is 364 g/mol. The summed E-state index contributed by atoms with van der Waals surface area (Å²) in [6.45, 7) is 5.46. The maximum Gasteiger partial charge on any atom is 0.0525 e. The third kappa shape index (κ3) is 3.03. The van der Waals surface area contributed by atoms with Crippen molar-refractivity contribution in [1.29, 1.82) is 0 Å². The fourth-order valence-electron chi connectivity index (χ4n) is 3.18. The number of halogens is 1. The molecule has 2 nitrogen and oxygen atoms in total. The van der Waals surface area contributed by atoms with Crippen LogP contribution in [0.25, 0.3) is 0 Å². The predicted octanol–water partition coefficient (Wildman–Crippen LogP) is 4.52. The second-order valence-corrected chi connectivity index (χ2v) is 7.79. The molecule has 0 fully saturated rings. The molecule has 2 heterocycles. The van der Waals surface area contributed by atoms with Crippen LogP contribution in [0.15, 0.2) is 34.1 Å². The Morgan fingerprint density at radius 1 is 1.43 bits per heavy atom. The van der Waals surface area contributed by atoms with Crippen molar-refractivity contribution in [2.24, 2.45) is 5.73 Å². The van der Waals surface area contributed by atoms with Crippen LogP contribution in [-0.2, 0) is 12.8 Å². The van der Waals surface area contributed by atoms with E-state index in [2.05, 4.69) is 64.3 Å². The molecule has 0 amide bonds.